The molecular weight excluding hydrogens is 298 g/mol. The molecule has 3 rings (SSSR count). The van der Waals surface area contributed by atoms with Crippen molar-refractivity contribution in [2.24, 2.45) is 0 Å². The van der Waals surface area contributed by atoms with Crippen LogP contribution in [0.4, 0.5) is 0 Å². The quantitative estimate of drug-likeness (QED) is 0.765. The van der Waals surface area contributed by atoms with Gasteiger partial charge in [0, 0.05) is 24.1 Å². The number of carbonyl (C=O) groups excluding carboxylic acids is 1. The molecule has 0 bridgehead atoms. The van der Waals surface area contributed by atoms with Crippen molar-refractivity contribution in [2.75, 3.05) is 0 Å². The van der Waals surface area contributed by atoms with Crippen LogP contribution in [0.15, 0.2) is 18.3 Å². The van der Waals surface area contributed by atoms with Crippen molar-refractivity contribution in [2.45, 2.75) is 59.0 Å². The molecule has 0 saturated carbocycles. The van der Waals surface area contributed by atoms with E-state index in [1.54, 1.807) is 6.08 Å². The minimum absolute atomic E-state index is 0.152. The van der Waals surface area contributed by atoms with Crippen molar-refractivity contribution in [3.8, 4) is 5.75 Å². The molecule has 0 amide bonds. The molecule has 2 aromatic rings. The van der Waals surface area contributed by atoms with Gasteiger partial charge in [0.25, 0.3) is 0 Å². The molecule has 0 N–H and O–H groups in total. The highest BCUT2D eigenvalue weighted by molar-refractivity contribution is 6.10. The molecule has 3 heteroatoms. The highest BCUT2D eigenvalue weighted by Gasteiger charge is 2.11. The van der Waals surface area contributed by atoms with Crippen LogP contribution in [0.25, 0.3) is 23.1 Å². The number of fused-ring (bicyclic) bond motifs is 3. The second-order valence-electron chi connectivity index (χ2n) is 6.70. The van der Waals surface area contributed by atoms with Crippen molar-refractivity contribution in [1.82, 2.24) is 4.98 Å². The number of Topliss-reactive ketones (excluding diaryl/α,β-unsaturated/α-hetero) is 1. The lowest BCUT2D eigenvalue weighted by Gasteiger charge is -2.16. The van der Waals surface area contributed by atoms with Gasteiger partial charge in [0.2, 0.25) is 0 Å². The minimum Gasteiger partial charge on any atom is -0.491 e. The Morgan fingerprint density at radius 3 is 2.92 bits per heavy atom. The summed E-state index contributed by atoms with van der Waals surface area (Å²) in [4.78, 5) is 16.4. The number of ether oxygens (including phenoxy) is 1. The van der Waals surface area contributed by atoms with Crippen molar-refractivity contribution >= 4 is 28.8 Å². The van der Waals surface area contributed by atoms with Gasteiger partial charge in [0.1, 0.15) is 5.75 Å². The Balaban J connectivity index is 1.95. The van der Waals surface area contributed by atoms with E-state index in [4.69, 9.17) is 4.74 Å². The number of carbonyl (C=O) groups is 1. The zero-order valence-corrected chi connectivity index (χ0v) is 14.8. The fourth-order valence-electron chi connectivity index (χ4n) is 3.33. The maximum Gasteiger partial charge on any atom is 0.160 e. The molecule has 1 heterocycles. The van der Waals surface area contributed by atoms with Gasteiger partial charge in [-0.3, -0.25) is 9.78 Å². The van der Waals surface area contributed by atoms with Gasteiger partial charge in [-0.25, -0.2) is 0 Å². The predicted molar refractivity (Wildman–Crippen MR) is 98.5 cm³/mol. The van der Waals surface area contributed by atoms with E-state index >= 15 is 0 Å². The summed E-state index contributed by atoms with van der Waals surface area (Å²) in [6.45, 7) is 6.40. The van der Waals surface area contributed by atoms with Crippen LogP contribution in [-0.2, 0) is 4.79 Å². The third-order valence-corrected chi connectivity index (χ3v) is 4.59. The molecule has 0 saturated heterocycles. The van der Waals surface area contributed by atoms with E-state index in [9.17, 15) is 4.79 Å². The van der Waals surface area contributed by atoms with Gasteiger partial charge in [-0.05, 0) is 54.8 Å². The standard InChI is InChI=1S/C21H25NO2/c1-4-5-6-7-15(3)24-18-10-14(2)21-19-11-17(23)9-8-16(19)13-22-20(21)12-18/h8,10-13,15H,4-7,9H2,1-3H3. The third kappa shape index (κ3) is 3.50. The number of rotatable bonds is 6. The summed E-state index contributed by atoms with van der Waals surface area (Å²) in [7, 11) is 0. The maximum atomic E-state index is 11.8. The Labute approximate surface area is 143 Å². The summed E-state index contributed by atoms with van der Waals surface area (Å²) in [5.74, 6) is 1.02. The number of benzene rings is 1. The molecule has 0 spiro atoms. The highest BCUT2D eigenvalue weighted by atomic mass is 16.5. The van der Waals surface area contributed by atoms with Crippen LogP contribution in [0.5, 0.6) is 5.75 Å². The van der Waals surface area contributed by atoms with E-state index in [0.29, 0.717) is 6.42 Å². The average molecular weight is 323 g/mol. The first kappa shape index (κ1) is 16.7. The second-order valence-corrected chi connectivity index (χ2v) is 6.70. The largest absolute Gasteiger partial charge is 0.491 e. The number of nitrogens with zero attached hydrogens (tertiary/aromatic N) is 1. The van der Waals surface area contributed by atoms with E-state index in [1.807, 2.05) is 18.3 Å². The Morgan fingerprint density at radius 2 is 2.12 bits per heavy atom. The lowest BCUT2D eigenvalue weighted by Crippen LogP contribution is -2.31. The van der Waals surface area contributed by atoms with Gasteiger partial charge in [-0.15, -0.1) is 0 Å². The Kier molecular flexibility index (Phi) is 4.98. The summed E-state index contributed by atoms with van der Waals surface area (Å²) in [5, 5.41) is 3.10. The molecule has 1 aliphatic carbocycles. The highest BCUT2D eigenvalue weighted by Crippen LogP contribution is 2.23. The molecule has 0 radical (unpaired) electrons. The molecule has 0 fully saturated rings. The van der Waals surface area contributed by atoms with Gasteiger partial charge in [-0.2, -0.15) is 0 Å². The van der Waals surface area contributed by atoms with E-state index in [0.717, 1.165) is 39.1 Å². The third-order valence-electron chi connectivity index (χ3n) is 4.59. The second kappa shape index (κ2) is 7.16. The van der Waals surface area contributed by atoms with Crippen LogP contribution in [-0.4, -0.2) is 16.9 Å². The van der Waals surface area contributed by atoms with Gasteiger partial charge in [-0.1, -0.05) is 25.8 Å². The Hall–Kier alpha value is -2.16. The van der Waals surface area contributed by atoms with Gasteiger partial charge < -0.3 is 4.74 Å². The fraction of sp³-hybridized carbons (Fsp3) is 0.429. The normalized spacial score (nSPS) is 14.7. The summed E-state index contributed by atoms with van der Waals surface area (Å²) in [5.41, 5.74) is 2.00. The predicted octanol–water partition coefficient (Wildman–Crippen LogP) is 3.42. The van der Waals surface area contributed by atoms with E-state index in [1.165, 1.54) is 19.3 Å². The molecule has 126 valence electrons. The fourth-order valence-corrected chi connectivity index (χ4v) is 3.33. The van der Waals surface area contributed by atoms with Gasteiger partial charge in [0.05, 0.1) is 11.6 Å². The van der Waals surface area contributed by atoms with E-state index in [2.05, 4.69) is 31.8 Å². The first-order valence-electron chi connectivity index (χ1n) is 8.89. The van der Waals surface area contributed by atoms with Crippen molar-refractivity contribution in [1.29, 1.82) is 0 Å². The monoisotopic (exact) mass is 323 g/mol. The number of hydrogen-bond acceptors (Lipinski definition) is 3. The first-order chi connectivity index (χ1) is 11.6. The van der Waals surface area contributed by atoms with E-state index in [-0.39, 0.29) is 11.9 Å². The lowest BCUT2D eigenvalue weighted by molar-refractivity contribution is -0.112. The maximum absolute atomic E-state index is 11.8. The van der Waals surface area contributed by atoms with Crippen LogP contribution in [0.2, 0.25) is 0 Å². The zero-order valence-electron chi connectivity index (χ0n) is 14.8. The average Bonchev–Trinajstić information content (AvgIpc) is 2.54. The lowest BCUT2D eigenvalue weighted by atomic mass is 10.0. The molecule has 3 nitrogen and oxygen atoms in total. The Morgan fingerprint density at radius 1 is 1.29 bits per heavy atom. The molecule has 1 aromatic carbocycles. The topological polar surface area (TPSA) is 39.2 Å². The number of aryl methyl sites for hydroxylation is 1. The first-order valence-corrected chi connectivity index (χ1v) is 8.89. The Bertz CT molecular complexity index is 883. The minimum atomic E-state index is 0.152. The summed E-state index contributed by atoms with van der Waals surface area (Å²) >= 11 is 0. The SMILES string of the molecule is CCCCCC(C)Oc1cc(C)c2c3c(cnc2c1)=CCC(=O)C=3. The van der Waals surface area contributed by atoms with Crippen LogP contribution >= 0.6 is 0 Å². The van der Waals surface area contributed by atoms with Crippen molar-refractivity contribution < 1.29 is 9.53 Å². The number of unbranched alkanes of at least 4 members (excludes halogenated alkanes) is 2. The molecular formula is C21H25NO2. The molecule has 1 aliphatic rings. The molecule has 1 aromatic heterocycles. The number of aromatic nitrogens is 1. The van der Waals surface area contributed by atoms with Crippen LogP contribution < -0.4 is 15.2 Å². The van der Waals surface area contributed by atoms with Gasteiger partial charge >= 0.3 is 0 Å². The summed E-state index contributed by atoms with van der Waals surface area (Å²) in [6.07, 6.45) is 11.0. The van der Waals surface area contributed by atoms with Crippen LogP contribution in [0, 0.1) is 6.92 Å². The molecule has 1 unspecified atom stereocenters. The molecule has 0 aliphatic heterocycles. The molecule has 24 heavy (non-hydrogen) atoms. The van der Waals surface area contributed by atoms with Gasteiger partial charge in [0.15, 0.2) is 5.78 Å². The van der Waals surface area contributed by atoms with Crippen LogP contribution in [0.3, 0.4) is 0 Å². The number of pyridine rings is 1. The summed E-state index contributed by atoms with van der Waals surface area (Å²) < 4.78 is 6.09. The summed E-state index contributed by atoms with van der Waals surface area (Å²) in [6, 6.07) is 4.05. The number of ketones is 1. The van der Waals surface area contributed by atoms with Crippen molar-refractivity contribution in [3.63, 3.8) is 0 Å². The van der Waals surface area contributed by atoms with Crippen LogP contribution in [0.1, 0.15) is 51.5 Å². The smallest absolute Gasteiger partial charge is 0.160 e. The number of hydrogen-bond donors (Lipinski definition) is 0. The van der Waals surface area contributed by atoms with Crippen molar-refractivity contribution in [3.05, 3.63) is 34.3 Å². The van der Waals surface area contributed by atoms with E-state index < -0.39 is 0 Å². The molecule has 1 atom stereocenters. The zero-order chi connectivity index (χ0) is 17.1.